The van der Waals surface area contributed by atoms with Crippen molar-refractivity contribution >= 4 is 12.1 Å². The number of hydrogen-bond acceptors (Lipinski definition) is 4. The molecule has 0 N–H and O–H groups in total. The van der Waals surface area contributed by atoms with Crippen LogP contribution in [-0.2, 0) is 24.5 Å². The zero-order chi connectivity index (χ0) is 15.6. The fraction of sp³-hybridized carbons (Fsp3) is 0.500. The van der Waals surface area contributed by atoms with Crippen molar-refractivity contribution in [1.29, 1.82) is 0 Å². The van der Waals surface area contributed by atoms with Gasteiger partial charge < -0.3 is 4.74 Å². The summed E-state index contributed by atoms with van der Waals surface area (Å²) in [4.78, 5) is 28.1. The van der Waals surface area contributed by atoms with Gasteiger partial charge in [-0.1, -0.05) is 25.5 Å². The molecule has 0 heterocycles. The maximum absolute atomic E-state index is 13.0. The van der Waals surface area contributed by atoms with Gasteiger partial charge in [-0.15, -0.1) is 0 Å². The fourth-order valence-corrected chi connectivity index (χ4v) is 3.78. The molecule has 5 heteroatoms. The molecular formula is C16H17FO4. The Morgan fingerprint density at radius 3 is 2.33 bits per heavy atom. The van der Waals surface area contributed by atoms with Gasteiger partial charge in [0, 0.05) is 5.41 Å². The molecule has 1 aromatic rings. The second-order valence-electron chi connectivity index (χ2n) is 5.29. The van der Waals surface area contributed by atoms with Crippen LogP contribution in [0.1, 0.15) is 25.8 Å². The maximum Gasteiger partial charge on any atom is 0.373 e. The summed E-state index contributed by atoms with van der Waals surface area (Å²) < 4.78 is 18.1. The van der Waals surface area contributed by atoms with E-state index >= 15 is 0 Å². The maximum atomic E-state index is 13.0. The molecule has 4 atom stereocenters. The normalized spacial score (nSPS) is 31.1. The van der Waals surface area contributed by atoms with Crippen LogP contribution >= 0.6 is 0 Å². The minimum absolute atomic E-state index is 0.00728. The van der Waals surface area contributed by atoms with E-state index in [1.165, 1.54) is 12.1 Å². The molecule has 4 nitrogen and oxygen atoms in total. The number of ether oxygens (including phenoxy) is 1. The van der Waals surface area contributed by atoms with Crippen LogP contribution in [0.4, 0.5) is 4.39 Å². The van der Waals surface area contributed by atoms with E-state index in [4.69, 9.17) is 14.3 Å². The Hall–Kier alpha value is -2.00. The van der Waals surface area contributed by atoms with Gasteiger partial charge in [-0.05, 0) is 36.5 Å². The molecule has 0 aromatic heterocycles. The van der Waals surface area contributed by atoms with E-state index in [1.807, 2.05) is 19.1 Å². The highest BCUT2D eigenvalue weighted by Gasteiger charge is 2.88. The summed E-state index contributed by atoms with van der Waals surface area (Å²) >= 11 is 0. The minimum Gasteiger partial charge on any atom is -0.466 e. The summed E-state index contributed by atoms with van der Waals surface area (Å²) in [7, 11) is 0. The highest BCUT2D eigenvalue weighted by Crippen LogP contribution is 2.85. The average Bonchev–Trinajstić information content (AvgIpc) is 3.29. The van der Waals surface area contributed by atoms with Crippen LogP contribution in [0.2, 0.25) is 0 Å². The van der Waals surface area contributed by atoms with E-state index in [0.29, 0.717) is 18.4 Å². The van der Waals surface area contributed by atoms with Crippen LogP contribution in [0.5, 0.6) is 0 Å². The van der Waals surface area contributed by atoms with Crippen LogP contribution in [0.3, 0.4) is 0 Å². The number of esters is 1. The molecule has 2 fully saturated rings. The predicted molar refractivity (Wildman–Crippen MR) is 70.5 cm³/mol. The van der Waals surface area contributed by atoms with Gasteiger partial charge >= 0.3 is 12.1 Å². The number of carbonyl (C=O) groups is 1. The van der Waals surface area contributed by atoms with E-state index in [-0.39, 0.29) is 29.3 Å². The monoisotopic (exact) mass is 292 g/mol. The topological polar surface area (TPSA) is 60.4 Å². The lowest BCUT2D eigenvalue weighted by Gasteiger charge is -2.17. The van der Waals surface area contributed by atoms with Crippen molar-refractivity contribution in [3.05, 3.63) is 35.6 Å². The summed E-state index contributed by atoms with van der Waals surface area (Å²) in [6, 6.07) is 6.59. The van der Waals surface area contributed by atoms with Crippen molar-refractivity contribution in [2.45, 2.75) is 25.7 Å². The Labute approximate surface area is 122 Å². The van der Waals surface area contributed by atoms with Crippen LogP contribution < -0.4 is 0 Å². The lowest BCUT2D eigenvalue weighted by atomic mass is 9.88. The molecule has 0 aliphatic heterocycles. The van der Waals surface area contributed by atoms with Gasteiger partial charge in [0.1, 0.15) is 5.82 Å². The second-order valence-corrected chi connectivity index (χ2v) is 5.29. The number of fused-ring (bicyclic) bond motifs is 1. The lowest BCUT2D eigenvalue weighted by Crippen LogP contribution is -2.22. The zero-order valence-corrected chi connectivity index (χ0v) is 12.0. The SMILES string of the molecule is CCOC(=O)[C@@H]1C2[C@@H](CC)C21c1ccc(F)cc1.O=C=O. The first-order valence-corrected chi connectivity index (χ1v) is 7.01. The third-order valence-electron chi connectivity index (χ3n) is 4.58. The molecular weight excluding hydrogens is 275 g/mol. The Balaban J connectivity index is 0.000000497. The molecule has 2 saturated carbocycles. The van der Waals surface area contributed by atoms with E-state index in [1.54, 1.807) is 0 Å². The summed E-state index contributed by atoms with van der Waals surface area (Å²) in [5.41, 5.74) is 1.06. The molecule has 3 rings (SSSR count). The molecule has 21 heavy (non-hydrogen) atoms. The Morgan fingerprint density at radius 2 is 1.86 bits per heavy atom. The molecule has 0 spiro atoms. The molecule has 1 aromatic carbocycles. The van der Waals surface area contributed by atoms with Crippen molar-refractivity contribution in [3.63, 3.8) is 0 Å². The number of rotatable bonds is 4. The van der Waals surface area contributed by atoms with Crippen LogP contribution in [0, 0.1) is 23.6 Å². The van der Waals surface area contributed by atoms with Gasteiger partial charge in [-0.3, -0.25) is 4.79 Å². The molecule has 0 bridgehead atoms. The smallest absolute Gasteiger partial charge is 0.373 e. The van der Waals surface area contributed by atoms with E-state index < -0.39 is 0 Å². The molecule has 112 valence electrons. The third kappa shape index (κ3) is 2.28. The van der Waals surface area contributed by atoms with Gasteiger partial charge in [0.05, 0.1) is 12.5 Å². The Bertz CT molecular complexity index is 562. The molecule has 2 unspecified atom stereocenters. The lowest BCUT2D eigenvalue weighted by molar-refractivity contribution is -0.191. The highest BCUT2D eigenvalue weighted by atomic mass is 19.1. The van der Waals surface area contributed by atoms with Crippen LogP contribution in [0.25, 0.3) is 0 Å². The third-order valence-corrected chi connectivity index (χ3v) is 4.58. The molecule has 2 aliphatic rings. The molecule has 0 amide bonds. The van der Waals surface area contributed by atoms with Crippen molar-refractivity contribution in [2.24, 2.45) is 17.8 Å². The number of carbonyl (C=O) groups excluding carboxylic acids is 3. The number of halogens is 1. The first-order valence-electron chi connectivity index (χ1n) is 7.01. The zero-order valence-electron chi connectivity index (χ0n) is 12.0. The summed E-state index contributed by atoms with van der Waals surface area (Å²) in [5, 5.41) is 0. The van der Waals surface area contributed by atoms with E-state index in [9.17, 15) is 9.18 Å². The highest BCUT2D eigenvalue weighted by molar-refractivity contribution is 5.84. The molecule has 0 radical (unpaired) electrons. The van der Waals surface area contributed by atoms with Crippen molar-refractivity contribution in [1.82, 2.24) is 0 Å². The quantitative estimate of drug-likeness (QED) is 0.799. The van der Waals surface area contributed by atoms with Crippen molar-refractivity contribution in [3.8, 4) is 0 Å². The number of hydrogen-bond donors (Lipinski definition) is 0. The van der Waals surface area contributed by atoms with Gasteiger partial charge in [-0.25, -0.2) is 4.39 Å². The summed E-state index contributed by atoms with van der Waals surface area (Å²) in [6.07, 6.45) is 1.32. The van der Waals surface area contributed by atoms with E-state index in [2.05, 4.69) is 6.92 Å². The van der Waals surface area contributed by atoms with Crippen LogP contribution in [-0.4, -0.2) is 18.7 Å². The van der Waals surface area contributed by atoms with Gasteiger partial charge in [0.2, 0.25) is 0 Å². The summed E-state index contributed by atoms with van der Waals surface area (Å²) in [5.74, 6) is 0.683. The number of benzene rings is 1. The fourth-order valence-electron chi connectivity index (χ4n) is 3.78. The van der Waals surface area contributed by atoms with Crippen LogP contribution in [0.15, 0.2) is 24.3 Å². The van der Waals surface area contributed by atoms with Gasteiger partial charge in [0.25, 0.3) is 0 Å². The molecule has 2 aliphatic carbocycles. The predicted octanol–water partition coefficient (Wildman–Crippen LogP) is 2.33. The standard InChI is InChI=1S/C15H17FO2.CO2/c1-3-11-12-13(14(17)18-4-2)15(11,12)9-5-7-10(16)8-6-9;2-1-3/h5-8,11-13H,3-4H2,1-2H3;/t11-,12?,13+,15?;/m1./s1. The Kier molecular flexibility index (Phi) is 4.24. The van der Waals surface area contributed by atoms with Crippen molar-refractivity contribution < 1.29 is 23.5 Å². The van der Waals surface area contributed by atoms with E-state index in [0.717, 1.165) is 12.0 Å². The first kappa shape index (κ1) is 15.4. The first-order chi connectivity index (χ1) is 10.1. The summed E-state index contributed by atoms with van der Waals surface area (Å²) in [6.45, 7) is 4.40. The van der Waals surface area contributed by atoms with Gasteiger partial charge in [-0.2, -0.15) is 9.59 Å². The second kappa shape index (κ2) is 5.78. The molecule has 0 saturated heterocycles. The average molecular weight is 292 g/mol. The van der Waals surface area contributed by atoms with Gasteiger partial charge in [0.15, 0.2) is 0 Å². The minimum atomic E-state index is -0.228. The Morgan fingerprint density at radius 1 is 1.29 bits per heavy atom. The van der Waals surface area contributed by atoms with Crippen molar-refractivity contribution in [2.75, 3.05) is 6.61 Å². The largest absolute Gasteiger partial charge is 0.466 e.